The summed E-state index contributed by atoms with van der Waals surface area (Å²) in [5.74, 6) is 0.963. The minimum atomic E-state index is -3.60. The van der Waals surface area contributed by atoms with E-state index in [1.807, 2.05) is 23.0 Å². The lowest BCUT2D eigenvalue weighted by Crippen LogP contribution is -2.14. The van der Waals surface area contributed by atoms with Gasteiger partial charge in [0.05, 0.1) is 22.0 Å². The van der Waals surface area contributed by atoms with Crippen molar-refractivity contribution in [1.82, 2.24) is 24.7 Å². The standard InChI is InChI=1S/C25H29N7O4S/c1-15-26-23-20(14-22(29-24(23)27-15)30-25(33)16-5-6-16)28-19-8-7-17(13-21(19)37(3,34)35)18-9-11-32(31-18)10-4-12-36-2/h7-9,11,13-14,16H,4-6,10,12H2,1-3H3,(H3,26,27,28,29,30,33). The molecule has 1 saturated carbocycles. The molecule has 1 amide bonds. The van der Waals surface area contributed by atoms with Crippen LogP contribution in [0.3, 0.4) is 0 Å². The highest BCUT2D eigenvalue weighted by atomic mass is 32.2. The highest BCUT2D eigenvalue weighted by Gasteiger charge is 2.30. The summed E-state index contributed by atoms with van der Waals surface area (Å²) in [6.07, 6.45) is 5.60. The zero-order valence-corrected chi connectivity index (χ0v) is 21.7. The second-order valence-electron chi connectivity index (χ2n) is 9.26. The molecule has 1 aromatic carbocycles. The maximum absolute atomic E-state index is 12.8. The SMILES string of the molecule is COCCCn1ccc(-c2ccc(Nc3cc(NC(=O)C4CC4)nc4[nH]c(C)nc34)c(S(C)(=O)=O)c2)n1. The number of anilines is 3. The first-order valence-electron chi connectivity index (χ1n) is 12.0. The summed E-state index contributed by atoms with van der Waals surface area (Å²) >= 11 is 0. The molecule has 1 aliphatic rings. The zero-order chi connectivity index (χ0) is 26.2. The molecule has 1 aliphatic carbocycles. The number of imidazole rings is 1. The van der Waals surface area contributed by atoms with Crippen molar-refractivity contribution in [3.8, 4) is 11.3 Å². The number of nitrogens with one attached hydrogen (secondary N) is 3. The number of pyridine rings is 1. The quantitative estimate of drug-likeness (QED) is 0.267. The van der Waals surface area contributed by atoms with Gasteiger partial charge in [0.2, 0.25) is 5.91 Å². The third kappa shape index (κ3) is 5.65. The van der Waals surface area contributed by atoms with E-state index in [1.165, 1.54) is 6.26 Å². The Labute approximate surface area is 214 Å². The van der Waals surface area contributed by atoms with E-state index in [1.54, 1.807) is 32.2 Å². The van der Waals surface area contributed by atoms with Crippen molar-refractivity contribution in [3.05, 3.63) is 42.4 Å². The first-order valence-corrected chi connectivity index (χ1v) is 13.9. The Bertz CT molecular complexity index is 1570. The number of hydrogen-bond donors (Lipinski definition) is 3. The first-order chi connectivity index (χ1) is 17.7. The number of sulfone groups is 1. The average molecular weight is 524 g/mol. The number of amides is 1. The summed E-state index contributed by atoms with van der Waals surface area (Å²) in [6.45, 7) is 3.14. The molecule has 0 bridgehead atoms. The number of rotatable bonds is 10. The summed E-state index contributed by atoms with van der Waals surface area (Å²) in [6, 6.07) is 8.68. The summed E-state index contributed by atoms with van der Waals surface area (Å²) in [4.78, 5) is 24.5. The van der Waals surface area contributed by atoms with Crippen LogP contribution < -0.4 is 10.6 Å². The number of benzene rings is 1. The lowest BCUT2D eigenvalue weighted by molar-refractivity contribution is -0.117. The maximum Gasteiger partial charge on any atom is 0.228 e. The molecule has 11 nitrogen and oxygen atoms in total. The number of methoxy groups -OCH3 is 1. The Kier molecular flexibility index (Phi) is 6.69. The van der Waals surface area contributed by atoms with E-state index in [2.05, 4.69) is 30.7 Å². The summed E-state index contributed by atoms with van der Waals surface area (Å²) in [5.41, 5.74) is 3.31. The highest BCUT2D eigenvalue weighted by molar-refractivity contribution is 7.90. The summed E-state index contributed by atoms with van der Waals surface area (Å²) in [7, 11) is -1.94. The van der Waals surface area contributed by atoms with Crippen LogP contribution in [-0.2, 0) is 25.9 Å². The van der Waals surface area contributed by atoms with Gasteiger partial charge in [-0.3, -0.25) is 9.48 Å². The van der Waals surface area contributed by atoms with Gasteiger partial charge < -0.3 is 20.4 Å². The van der Waals surface area contributed by atoms with Crippen molar-refractivity contribution < 1.29 is 17.9 Å². The van der Waals surface area contributed by atoms with E-state index >= 15 is 0 Å². The molecule has 3 heterocycles. The molecule has 0 atom stereocenters. The molecule has 4 aromatic rings. The highest BCUT2D eigenvalue weighted by Crippen LogP contribution is 2.34. The molecule has 0 unspecified atom stereocenters. The van der Waals surface area contributed by atoms with Crippen LogP contribution in [0, 0.1) is 12.8 Å². The van der Waals surface area contributed by atoms with Crippen LogP contribution in [-0.4, -0.2) is 59.0 Å². The number of ether oxygens (including phenoxy) is 1. The Hall–Kier alpha value is -3.77. The molecule has 194 valence electrons. The molecule has 12 heteroatoms. The van der Waals surface area contributed by atoms with E-state index in [4.69, 9.17) is 4.74 Å². The topological polar surface area (TPSA) is 144 Å². The number of aryl methyl sites for hydroxylation is 2. The van der Waals surface area contributed by atoms with Crippen LogP contribution in [0.15, 0.2) is 41.4 Å². The molecule has 1 fully saturated rings. The Morgan fingerprint density at radius 3 is 2.73 bits per heavy atom. The van der Waals surface area contributed by atoms with Crippen molar-refractivity contribution in [2.24, 2.45) is 5.92 Å². The van der Waals surface area contributed by atoms with Crippen molar-refractivity contribution in [2.75, 3.05) is 30.6 Å². The second-order valence-corrected chi connectivity index (χ2v) is 11.2. The number of H-pyrrole nitrogens is 1. The fraction of sp³-hybridized carbons (Fsp3) is 0.360. The van der Waals surface area contributed by atoms with Gasteiger partial charge in [0, 0.05) is 50.3 Å². The number of aromatic nitrogens is 5. The van der Waals surface area contributed by atoms with Gasteiger partial charge in [0.25, 0.3) is 0 Å². The largest absolute Gasteiger partial charge is 0.385 e. The molecule has 5 rings (SSSR count). The third-order valence-corrected chi connectivity index (χ3v) is 7.23. The van der Waals surface area contributed by atoms with Gasteiger partial charge in [-0.05, 0) is 44.4 Å². The van der Waals surface area contributed by atoms with Gasteiger partial charge in [-0.1, -0.05) is 6.07 Å². The van der Waals surface area contributed by atoms with Gasteiger partial charge in [0.15, 0.2) is 15.5 Å². The first kappa shape index (κ1) is 24.9. The van der Waals surface area contributed by atoms with E-state index in [9.17, 15) is 13.2 Å². The number of hydrogen-bond acceptors (Lipinski definition) is 8. The van der Waals surface area contributed by atoms with Gasteiger partial charge in [-0.2, -0.15) is 5.10 Å². The van der Waals surface area contributed by atoms with E-state index in [-0.39, 0.29) is 16.7 Å². The minimum Gasteiger partial charge on any atom is -0.385 e. The monoisotopic (exact) mass is 523 g/mol. The van der Waals surface area contributed by atoms with Crippen molar-refractivity contribution in [1.29, 1.82) is 0 Å². The van der Waals surface area contributed by atoms with E-state index in [0.29, 0.717) is 58.6 Å². The predicted molar refractivity (Wildman–Crippen MR) is 141 cm³/mol. The van der Waals surface area contributed by atoms with Gasteiger partial charge in [-0.15, -0.1) is 0 Å². The predicted octanol–water partition coefficient (Wildman–Crippen LogP) is 3.66. The molecular weight excluding hydrogens is 494 g/mol. The third-order valence-electron chi connectivity index (χ3n) is 6.09. The number of carbonyl (C=O) groups excluding carboxylic acids is 1. The van der Waals surface area contributed by atoms with Gasteiger partial charge >= 0.3 is 0 Å². The summed E-state index contributed by atoms with van der Waals surface area (Å²) in [5, 5.41) is 10.6. The van der Waals surface area contributed by atoms with Crippen LogP contribution in [0.1, 0.15) is 25.1 Å². The average Bonchev–Trinajstić information content (AvgIpc) is 3.48. The zero-order valence-electron chi connectivity index (χ0n) is 20.9. The maximum atomic E-state index is 12.8. The number of carbonyl (C=O) groups is 1. The molecule has 0 aliphatic heterocycles. The molecule has 0 spiro atoms. The van der Waals surface area contributed by atoms with Gasteiger partial charge in [-0.25, -0.2) is 18.4 Å². The van der Waals surface area contributed by atoms with Gasteiger partial charge in [0.1, 0.15) is 17.2 Å². The summed E-state index contributed by atoms with van der Waals surface area (Å²) < 4.78 is 32.5. The number of fused-ring (bicyclic) bond motifs is 1. The fourth-order valence-electron chi connectivity index (χ4n) is 4.09. The Balaban J connectivity index is 1.49. The minimum absolute atomic E-state index is 0.0187. The molecular formula is C25H29N7O4S. The van der Waals surface area contributed by atoms with Crippen molar-refractivity contribution in [3.63, 3.8) is 0 Å². The lowest BCUT2D eigenvalue weighted by Gasteiger charge is -2.14. The van der Waals surface area contributed by atoms with Crippen LogP contribution in [0.2, 0.25) is 0 Å². The lowest BCUT2D eigenvalue weighted by atomic mass is 10.1. The van der Waals surface area contributed by atoms with Crippen LogP contribution in [0.5, 0.6) is 0 Å². The van der Waals surface area contributed by atoms with Crippen LogP contribution in [0.25, 0.3) is 22.4 Å². The molecule has 3 N–H and O–H groups in total. The van der Waals surface area contributed by atoms with E-state index in [0.717, 1.165) is 19.3 Å². The number of nitrogens with zero attached hydrogens (tertiary/aromatic N) is 4. The van der Waals surface area contributed by atoms with Crippen LogP contribution in [0.4, 0.5) is 17.2 Å². The molecule has 0 radical (unpaired) electrons. The second kappa shape index (κ2) is 9.94. The van der Waals surface area contributed by atoms with Crippen molar-refractivity contribution in [2.45, 2.75) is 37.6 Å². The molecule has 0 saturated heterocycles. The van der Waals surface area contributed by atoms with E-state index < -0.39 is 9.84 Å². The normalized spacial score (nSPS) is 13.7. The fourth-order valence-corrected chi connectivity index (χ4v) is 4.95. The molecule has 37 heavy (non-hydrogen) atoms. The van der Waals surface area contributed by atoms with Crippen molar-refractivity contribution >= 4 is 44.1 Å². The Morgan fingerprint density at radius 2 is 2.00 bits per heavy atom. The Morgan fingerprint density at radius 1 is 1.19 bits per heavy atom. The molecule has 3 aromatic heterocycles. The van der Waals surface area contributed by atoms with Crippen LogP contribution >= 0.6 is 0 Å². The number of aromatic amines is 1. The smallest absolute Gasteiger partial charge is 0.228 e.